The first kappa shape index (κ1) is 58.0. The van der Waals surface area contributed by atoms with Gasteiger partial charge in [0, 0.05) is 12.8 Å². The van der Waals surface area contributed by atoms with Crippen LogP contribution in [0.25, 0.3) is 0 Å². The van der Waals surface area contributed by atoms with Crippen molar-refractivity contribution >= 4 is 17.9 Å². The number of allylic oxidation sites excluding steroid dienone is 2. The van der Waals surface area contributed by atoms with Crippen LogP contribution in [-0.4, -0.2) is 88.4 Å². The van der Waals surface area contributed by atoms with E-state index in [0.29, 0.717) is 12.8 Å². The first-order chi connectivity index (χ1) is 30.2. The van der Waals surface area contributed by atoms with Gasteiger partial charge in [-0.3, -0.25) is 9.59 Å². The summed E-state index contributed by atoms with van der Waals surface area (Å²) in [5.74, 6) is -2.43. The van der Waals surface area contributed by atoms with E-state index in [0.717, 1.165) is 38.5 Å². The Morgan fingerprint density at radius 2 is 0.855 bits per heavy atom. The number of carboxylic acid groups (broad SMARTS) is 1. The lowest BCUT2D eigenvalue weighted by molar-refractivity contribution is -0.298. The predicted molar refractivity (Wildman–Crippen MR) is 248 cm³/mol. The summed E-state index contributed by atoms with van der Waals surface area (Å²) >= 11 is 0. The molecule has 6 unspecified atom stereocenters. The molecule has 0 aromatic carbocycles. The number of hydrogen-bond donors (Lipinski definition) is 4. The monoisotopic (exact) mass is 883 g/mol. The second kappa shape index (κ2) is 41.6. The van der Waals surface area contributed by atoms with Crippen LogP contribution in [-0.2, 0) is 33.3 Å². The Kier molecular flexibility index (Phi) is 38.9. The molecular formula is C51H94O11. The largest absolute Gasteiger partial charge is 0.479 e. The van der Waals surface area contributed by atoms with Crippen molar-refractivity contribution in [1.29, 1.82) is 0 Å². The molecule has 0 aromatic heterocycles. The minimum absolute atomic E-state index is 0.189. The molecule has 1 fully saturated rings. The van der Waals surface area contributed by atoms with Gasteiger partial charge in [0.15, 0.2) is 18.5 Å². The van der Waals surface area contributed by atoms with E-state index in [1.165, 1.54) is 167 Å². The highest BCUT2D eigenvalue weighted by Gasteiger charge is 2.47. The Morgan fingerprint density at radius 1 is 0.484 bits per heavy atom. The quantitative estimate of drug-likeness (QED) is 0.0261. The highest BCUT2D eigenvalue weighted by Crippen LogP contribution is 2.23. The topological polar surface area (TPSA) is 169 Å². The SMILES string of the molecule is CCCCCCCCCC/C=C\CCCCCCCCCCCCCC(=O)OCC(COC1OC(C(=O)O)C(O)C(O)C1O)OC(=O)CCCCCCCCCCCCCCC. The number of rotatable bonds is 44. The average molecular weight is 883 g/mol. The summed E-state index contributed by atoms with van der Waals surface area (Å²) in [5, 5.41) is 39.9. The van der Waals surface area contributed by atoms with Crippen LogP contribution in [0.5, 0.6) is 0 Å². The Hall–Kier alpha value is -2.05. The van der Waals surface area contributed by atoms with Crippen molar-refractivity contribution in [3.8, 4) is 0 Å². The lowest BCUT2D eigenvalue weighted by Gasteiger charge is -2.38. The summed E-state index contributed by atoms with van der Waals surface area (Å²) < 4.78 is 21.8. The molecule has 1 aliphatic heterocycles. The normalized spacial score (nSPS) is 19.5. The standard InChI is InChI=1S/C51H94O11/c1-3-5-7-9-11-13-15-17-18-19-20-21-22-23-24-25-26-28-29-31-33-35-37-39-44(52)59-41-43(42-60-51-48(56)46(54)47(55)49(62-51)50(57)58)61-45(53)40-38-36-34-32-30-27-16-14-12-10-8-6-4-2/h19-20,43,46-49,51,54-56H,3-18,21-42H2,1-2H3,(H,57,58)/b20-19-. The van der Waals surface area contributed by atoms with Gasteiger partial charge in [-0.25, -0.2) is 4.79 Å². The predicted octanol–water partition coefficient (Wildman–Crippen LogP) is 12.0. The maximum Gasteiger partial charge on any atom is 0.335 e. The van der Waals surface area contributed by atoms with E-state index in [2.05, 4.69) is 26.0 Å². The molecule has 0 bridgehead atoms. The summed E-state index contributed by atoms with van der Waals surface area (Å²) in [7, 11) is 0. The second-order valence-corrected chi connectivity index (χ2v) is 18.0. The van der Waals surface area contributed by atoms with Gasteiger partial charge in [0.05, 0.1) is 6.61 Å². The third kappa shape index (κ3) is 32.6. The minimum Gasteiger partial charge on any atom is -0.479 e. The fourth-order valence-electron chi connectivity index (χ4n) is 8.05. The number of hydrogen-bond acceptors (Lipinski definition) is 10. The van der Waals surface area contributed by atoms with Crippen LogP contribution >= 0.6 is 0 Å². The van der Waals surface area contributed by atoms with Crippen molar-refractivity contribution in [3.63, 3.8) is 0 Å². The Morgan fingerprint density at radius 3 is 1.26 bits per heavy atom. The average Bonchev–Trinajstić information content (AvgIpc) is 3.26. The zero-order valence-corrected chi connectivity index (χ0v) is 39.6. The van der Waals surface area contributed by atoms with E-state index in [1.807, 2.05) is 0 Å². The van der Waals surface area contributed by atoms with E-state index in [-0.39, 0.29) is 26.1 Å². The lowest BCUT2D eigenvalue weighted by atomic mass is 9.99. The molecule has 4 N–H and O–H groups in total. The summed E-state index contributed by atoms with van der Waals surface area (Å²) in [6.45, 7) is 3.84. The molecule has 0 amide bonds. The molecule has 6 atom stereocenters. The molecule has 1 rings (SSSR count). The first-order valence-corrected chi connectivity index (χ1v) is 25.7. The Bertz CT molecular complexity index is 1080. The van der Waals surface area contributed by atoms with Gasteiger partial charge in [-0.15, -0.1) is 0 Å². The fraction of sp³-hybridized carbons (Fsp3) is 0.902. The van der Waals surface area contributed by atoms with Crippen LogP contribution in [0.4, 0.5) is 0 Å². The smallest absolute Gasteiger partial charge is 0.335 e. The van der Waals surface area contributed by atoms with Crippen LogP contribution in [0.1, 0.15) is 245 Å². The van der Waals surface area contributed by atoms with Crippen molar-refractivity contribution < 1.29 is 53.8 Å². The van der Waals surface area contributed by atoms with Crippen LogP contribution in [0, 0.1) is 0 Å². The van der Waals surface area contributed by atoms with E-state index in [4.69, 9.17) is 18.9 Å². The highest BCUT2D eigenvalue weighted by atomic mass is 16.7. The molecule has 0 radical (unpaired) electrons. The van der Waals surface area contributed by atoms with Crippen molar-refractivity contribution in [3.05, 3.63) is 12.2 Å². The van der Waals surface area contributed by atoms with Crippen LogP contribution in [0.3, 0.4) is 0 Å². The zero-order valence-electron chi connectivity index (χ0n) is 39.6. The number of aliphatic carboxylic acids is 1. The van der Waals surface area contributed by atoms with Crippen molar-refractivity contribution in [2.75, 3.05) is 13.2 Å². The molecular weight excluding hydrogens is 789 g/mol. The molecule has 11 heteroatoms. The summed E-state index contributed by atoms with van der Waals surface area (Å²) in [5.41, 5.74) is 0. The van der Waals surface area contributed by atoms with E-state index in [1.54, 1.807) is 0 Å². The number of carboxylic acids is 1. The van der Waals surface area contributed by atoms with Crippen LogP contribution in [0.15, 0.2) is 12.2 Å². The van der Waals surface area contributed by atoms with Gasteiger partial charge >= 0.3 is 17.9 Å². The third-order valence-corrected chi connectivity index (χ3v) is 12.1. The fourth-order valence-corrected chi connectivity index (χ4v) is 8.05. The Labute approximate surface area is 377 Å². The molecule has 1 saturated heterocycles. The van der Waals surface area contributed by atoms with E-state index >= 15 is 0 Å². The lowest BCUT2D eigenvalue weighted by Crippen LogP contribution is -2.60. The molecule has 11 nitrogen and oxygen atoms in total. The summed E-state index contributed by atoms with van der Waals surface area (Å²) in [6.07, 6.45) is 37.0. The van der Waals surface area contributed by atoms with Gasteiger partial charge in [-0.1, -0.05) is 206 Å². The van der Waals surface area contributed by atoms with E-state index < -0.39 is 54.7 Å². The summed E-state index contributed by atoms with van der Waals surface area (Å²) in [6, 6.07) is 0. The number of carbonyl (C=O) groups is 3. The number of aliphatic hydroxyl groups excluding tert-OH is 3. The first-order valence-electron chi connectivity index (χ1n) is 25.7. The molecule has 62 heavy (non-hydrogen) atoms. The molecule has 364 valence electrons. The molecule has 1 heterocycles. The number of esters is 2. The van der Waals surface area contributed by atoms with Gasteiger partial charge in [-0.05, 0) is 38.5 Å². The van der Waals surface area contributed by atoms with Gasteiger partial charge < -0.3 is 39.4 Å². The maximum absolute atomic E-state index is 12.8. The van der Waals surface area contributed by atoms with Gasteiger partial charge in [0.2, 0.25) is 0 Å². The molecule has 1 aliphatic rings. The van der Waals surface area contributed by atoms with Gasteiger partial charge in [-0.2, -0.15) is 0 Å². The summed E-state index contributed by atoms with van der Waals surface area (Å²) in [4.78, 5) is 36.9. The molecule has 0 aliphatic carbocycles. The number of carbonyl (C=O) groups excluding carboxylic acids is 2. The number of ether oxygens (including phenoxy) is 4. The van der Waals surface area contributed by atoms with Crippen molar-refractivity contribution in [2.24, 2.45) is 0 Å². The second-order valence-electron chi connectivity index (χ2n) is 18.0. The van der Waals surface area contributed by atoms with Crippen molar-refractivity contribution in [1.82, 2.24) is 0 Å². The van der Waals surface area contributed by atoms with Crippen molar-refractivity contribution in [2.45, 2.75) is 282 Å². The van der Waals surface area contributed by atoms with Gasteiger partial charge in [0.1, 0.15) is 24.9 Å². The van der Waals surface area contributed by atoms with E-state index in [9.17, 15) is 34.8 Å². The minimum atomic E-state index is -1.86. The number of aliphatic hydroxyl groups is 3. The molecule has 0 aromatic rings. The van der Waals surface area contributed by atoms with Gasteiger partial charge in [0.25, 0.3) is 0 Å². The Balaban J connectivity index is 2.25. The van der Waals surface area contributed by atoms with Crippen LogP contribution < -0.4 is 0 Å². The van der Waals surface area contributed by atoms with Crippen LogP contribution in [0.2, 0.25) is 0 Å². The highest BCUT2D eigenvalue weighted by molar-refractivity contribution is 5.73. The molecule has 0 saturated carbocycles. The molecule has 0 spiro atoms. The zero-order chi connectivity index (χ0) is 45.3. The maximum atomic E-state index is 12.8. The third-order valence-electron chi connectivity index (χ3n) is 12.1. The number of unbranched alkanes of at least 4 members (excludes halogenated alkanes) is 31.